The second-order valence-corrected chi connectivity index (χ2v) is 7.95. The lowest BCUT2D eigenvalue weighted by Gasteiger charge is -2.36. The number of hydrogen-bond acceptors (Lipinski definition) is 5. The van der Waals surface area contributed by atoms with Crippen LogP contribution in [0.5, 0.6) is 0 Å². The van der Waals surface area contributed by atoms with Gasteiger partial charge in [0.2, 0.25) is 0 Å². The molecule has 5 heteroatoms. The zero-order chi connectivity index (χ0) is 14.3. The molecular weight excluding hydrogens is 268 g/mol. The van der Waals surface area contributed by atoms with Crippen molar-refractivity contribution in [2.45, 2.75) is 50.0 Å². The summed E-state index contributed by atoms with van der Waals surface area (Å²) >= 11 is 2.08. The van der Waals surface area contributed by atoms with E-state index in [2.05, 4.69) is 42.7 Å². The molecule has 20 heavy (non-hydrogen) atoms. The summed E-state index contributed by atoms with van der Waals surface area (Å²) in [7, 11) is 1.95. The van der Waals surface area contributed by atoms with Crippen molar-refractivity contribution >= 4 is 23.4 Å². The Labute approximate surface area is 125 Å². The summed E-state index contributed by atoms with van der Waals surface area (Å²) in [6, 6.07) is 0. The second-order valence-electron chi connectivity index (χ2n) is 6.07. The van der Waals surface area contributed by atoms with E-state index in [1.54, 1.807) is 0 Å². The number of nitrogens with one attached hydrogen (secondary N) is 1. The maximum atomic E-state index is 4.90. The molecule has 110 valence electrons. The van der Waals surface area contributed by atoms with Crippen LogP contribution in [-0.4, -0.2) is 40.6 Å². The molecule has 3 rings (SSSR count). The largest absolute Gasteiger partial charge is 0.373 e. The van der Waals surface area contributed by atoms with Crippen LogP contribution in [0.25, 0.3) is 0 Å². The summed E-state index contributed by atoms with van der Waals surface area (Å²) in [4.78, 5) is 12.0. The fraction of sp³-hybridized carbons (Fsp3) is 0.733. The van der Waals surface area contributed by atoms with E-state index in [1.165, 1.54) is 18.4 Å². The first-order valence-electron chi connectivity index (χ1n) is 7.55. The molecule has 1 aromatic rings. The lowest BCUT2D eigenvalue weighted by molar-refractivity contribution is 0.709. The molecule has 1 saturated heterocycles. The van der Waals surface area contributed by atoms with Gasteiger partial charge in [0.1, 0.15) is 17.5 Å². The molecule has 0 aromatic carbocycles. The van der Waals surface area contributed by atoms with E-state index in [9.17, 15) is 0 Å². The molecule has 1 saturated carbocycles. The van der Waals surface area contributed by atoms with Crippen molar-refractivity contribution in [1.82, 2.24) is 9.97 Å². The summed E-state index contributed by atoms with van der Waals surface area (Å²) in [6.07, 6.45) is 2.49. The molecule has 0 spiro atoms. The number of thioether (sulfide) groups is 1. The second kappa shape index (κ2) is 5.43. The molecule has 1 aliphatic carbocycles. The zero-order valence-electron chi connectivity index (χ0n) is 12.8. The highest BCUT2D eigenvalue weighted by Gasteiger charge is 2.30. The van der Waals surface area contributed by atoms with Crippen LogP contribution >= 0.6 is 11.8 Å². The maximum absolute atomic E-state index is 4.90. The number of hydrogen-bond donors (Lipinski definition) is 1. The third-order valence-electron chi connectivity index (χ3n) is 4.04. The van der Waals surface area contributed by atoms with Gasteiger partial charge in [-0.05, 0) is 19.8 Å². The molecular formula is C15H24N4S. The van der Waals surface area contributed by atoms with Gasteiger partial charge in [-0.15, -0.1) is 0 Å². The normalized spacial score (nSPS) is 26.7. The molecule has 1 aromatic heterocycles. The molecule has 1 N–H and O–H groups in total. The smallest absolute Gasteiger partial charge is 0.137 e. The van der Waals surface area contributed by atoms with Gasteiger partial charge in [0.05, 0.1) is 0 Å². The van der Waals surface area contributed by atoms with Crippen LogP contribution in [0.3, 0.4) is 0 Å². The van der Waals surface area contributed by atoms with Gasteiger partial charge in [-0.25, -0.2) is 9.97 Å². The molecule has 2 atom stereocenters. The Morgan fingerprint density at radius 3 is 2.35 bits per heavy atom. The minimum absolute atomic E-state index is 0.593. The average molecular weight is 292 g/mol. The van der Waals surface area contributed by atoms with E-state index in [1.807, 2.05) is 7.05 Å². The van der Waals surface area contributed by atoms with Gasteiger partial charge in [0.15, 0.2) is 0 Å². The van der Waals surface area contributed by atoms with E-state index < -0.39 is 0 Å². The topological polar surface area (TPSA) is 41.1 Å². The molecule has 2 unspecified atom stereocenters. The van der Waals surface area contributed by atoms with Crippen LogP contribution in [-0.2, 0) is 0 Å². The van der Waals surface area contributed by atoms with E-state index in [4.69, 9.17) is 9.97 Å². The SMILES string of the molecule is CNc1nc(C2CC2)nc(N2CC(C)SC(C)C2)c1C. The quantitative estimate of drug-likeness (QED) is 0.927. The first-order chi connectivity index (χ1) is 9.58. The first kappa shape index (κ1) is 14.0. The van der Waals surface area contributed by atoms with Crippen molar-refractivity contribution < 1.29 is 0 Å². The molecule has 2 heterocycles. The van der Waals surface area contributed by atoms with Crippen molar-refractivity contribution in [3.63, 3.8) is 0 Å². The highest BCUT2D eigenvalue weighted by Crippen LogP contribution is 2.40. The van der Waals surface area contributed by atoms with Crippen molar-refractivity contribution in [3.8, 4) is 0 Å². The van der Waals surface area contributed by atoms with Gasteiger partial charge in [0.25, 0.3) is 0 Å². The Kier molecular flexibility index (Phi) is 3.80. The molecule has 1 aliphatic heterocycles. The highest BCUT2D eigenvalue weighted by atomic mass is 32.2. The summed E-state index contributed by atoms with van der Waals surface area (Å²) in [5.41, 5.74) is 1.18. The summed E-state index contributed by atoms with van der Waals surface area (Å²) in [5, 5.41) is 4.56. The molecule has 0 radical (unpaired) electrons. The average Bonchev–Trinajstić information content (AvgIpc) is 3.22. The van der Waals surface area contributed by atoms with Crippen LogP contribution in [0.4, 0.5) is 11.6 Å². The van der Waals surface area contributed by atoms with Crippen LogP contribution in [0.2, 0.25) is 0 Å². The highest BCUT2D eigenvalue weighted by molar-refractivity contribution is 8.00. The summed E-state index contributed by atoms with van der Waals surface area (Å²) in [6.45, 7) is 8.92. The minimum Gasteiger partial charge on any atom is -0.373 e. The van der Waals surface area contributed by atoms with Crippen LogP contribution in [0.1, 0.15) is 44.0 Å². The lowest BCUT2D eigenvalue weighted by atomic mass is 10.2. The third kappa shape index (κ3) is 2.73. The molecule has 0 amide bonds. The van der Waals surface area contributed by atoms with Gasteiger partial charge in [-0.3, -0.25) is 0 Å². The summed E-state index contributed by atoms with van der Waals surface area (Å²) in [5.74, 6) is 3.77. The fourth-order valence-corrected chi connectivity index (χ4v) is 4.27. The monoisotopic (exact) mass is 292 g/mol. The fourth-order valence-electron chi connectivity index (χ4n) is 2.95. The Hall–Kier alpha value is -0.970. The Bertz CT molecular complexity index is 491. The van der Waals surface area contributed by atoms with Gasteiger partial charge in [0, 0.05) is 42.1 Å². The predicted octanol–water partition coefficient (Wildman–Crippen LogP) is 3.03. The van der Waals surface area contributed by atoms with Gasteiger partial charge in [-0.1, -0.05) is 13.8 Å². The van der Waals surface area contributed by atoms with E-state index in [-0.39, 0.29) is 0 Å². The van der Waals surface area contributed by atoms with Crippen molar-refractivity contribution in [2.24, 2.45) is 0 Å². The number of nitrogens with zero attached hydrogens (tertiary/aromatic N) is 3. The minimum atomic E-state index is 0.593. The molecule has 2 fully saturated rings. The zero-order valence-corrected chi connectivity index (χ0v) is 13.6. The molecule has 2 aliphatic rings. The first-order valence-corrected chi connectivity index (χ1v) is 8.49. The number of aromatic nitrogens is 2. The molecule has 0 bridgehead atoms. The number of rotatable bonds is 3. The summed E-state index contributed by atoms with van der Waals surface area (Å²) < 4.78 is 0. The van der Waals surface area contributed by atoms with Crippen LogP contribution in [0.15, 0.2) is 0 Å². The predicted molar refractivity (Wildman–Crippen MR) is 87.0 cm³/mol. The van der Waals surface area contributed by atoms with Crippen LogP contribution < -0.4 is 10.2 Å². The van der Waals surface area contributed by atoms with E-state index in [0.29, 0.717) is 16.4 Å². The Morgan fingerprint density at radius 1 is 1.15 bits per heavy atom. The van der Waals surface area contributed by atoms with E-state index >= 15 is 0 Å². The lowest BCUT2D eigenvalue weighted by Crippen LogP contribution is -2.41. The molecule has 4 nitrogen and oxygen atoms in total. The van der Waals surface area contributed by atoms with Gasteiger partial charge in [-0.2, -0.15) is 11.8 Å². The third-order valence-corrected chi connectivity index (χ3v) is 5.26. The number of anilines is 2. The van der Waals surface area contributed by atoms with Crippen molar-refractivity contribution in [2.75, 3.05) is 30.4 Å². The van der Waals surface area contributed by atoms with Crippen LogP contribution in [0, 0.1) is 6.92 Å². The Balaban J connectivity index is 1.96. The van der Waals surface area contributed by atoms with Crippen molar-refractivity contribution in [3.05, 3.63) is 11.4 Å². The van der Waals surface area contributed by atoms with E-state index in [0.717, 1.165) is 30.5 Å². The van der Waals surface area contributed by atoms with Crippen molar-refractivity contribution in [1.29, 1.82) is 0 Å². The maximum Gasteiger partial charge on any atom is 0.137 e. The standard InChI is InChI=1S/C15H24N4S/c1-9-7-19(8-10(2)20-9)15-11(3)13(16-4)17-14(18-15)12-5-6-12/h9-10,12H,5-8H2,1-4H3,(H,16,17,18). The Morgan fingerprint density at radius 2 is 1.80 bits per heavy atom. The van der Waals surface area contributed by atoms with Gasteiger partial charge >= 0.3 is 0 Å². The van der Waals surface area contributed by atoms with Gasteiger partial charge < -0.3 is 10.2 Å².